The van der Waals surface area contributed by atoms with Crippen LogP contribution in [0.15, 0.2) is 18.2 Å². The summed E-state index contributed by atoms with van der Waals surface area (Å²) in [6.07, 6.45) is 0.359. The molecule has 0 aliphatic heterocycles. The van der Waals surface area contributed by atoms with E-state index >= 15 is 0 Å². The van der Waals surface area contributed by atoms with Gasteiger partial charge in [-0.2, -0.15) is 0 Å². The van der Waals surface area contributed by atoms with E-state index in [1.54, 1.807) is 0 Å². The topological polar surface area (TPSA) is 69.4 Å². The molecule has 0 bridgehead atoms. The molecule has 1 aromatic rings. The number of hydrogen-bond donors (Lipinski definition) is 0. The monoisotopic (exact) mass is 241 g/mol. The van der Waals surface area contributed by atoms with E-state index in [0.29, 0.717) is 17.9 Å². The Morgan fingerprint density at radius 1 is 1.44 bits per heavy atom. The molecule has 16 heavy (non-hydrogen) atoms. The van der Waals surface area contributed by atoms with Crippen molar-refractivity contribution in [3.63, 3.8) is 0 Å². The summed E-state index contributed by atoms with van der Waals surface area (Å²) in [5.41, 5.74) is -0.135. The van der Waals surface area contributed by atoms with Crippen molar-refractivity contribution in [3.05, 3.63) is 33.3 Å². The summed E-state index contributed by atoms with van der Waals surface area (Å²) in [5.74, 6) is 0.227. The molecule has 0 saturated heterocycles. The molecule has 1 saturated carbocycles. The number of Topliss-reactive ketones (excluding diaryl/α,β-unsaturated/α-hetero) is 1. The average Bonchev–Trinajstić information content (AvgIpc) is 2.15. The molecule has 0 N–H and O–H groups in total. The van der Waals surface area contributed by atoms with E-state index in [1.807, 2.05) is 0 Å². The zero-order chi connectivity index (χ0) is 11.7. The van der Waals surface area contributed by atoms with Crippen LogP contribution in [0.5, 0.6) is 5.75 Å². The van der Waals surface area contributed by atoms with Gasteiger partial charge in [0.15, 0.2) is 5.75 Å². The van der Waals surface area contributed by atoms with Crippen molar-refractivity contribution in [1.82, 2.24) is 0 Å². The minimum absolute atomic E-state index is 0.106. The van der Waals surface area contributed by atoms with Crippen molar-refractivity contribution in [2.75, 3.05) is 0 Å². The molecule has 1 aromatic carbocycles. The van der Waals surface area contributed by atoms with E-state index in [4.69, 9.17) is 16.3 Å². The minimum Gasteiger partial charge on any atom is -0.483 e. The second-order valence-electron chi connectivity index (χ2n) is 3.56. The van der Waals surface area contributed by atoms with Crippen LogP contribution in [0.4, 0.5) is 5.69 Å². The Bertz CT molecular complexity index is 452. The van der Waals surface area contributed by atoms with Gasteiger partial charge in [0, 0.05) is 30.0 Å². The van der Waals surface area contributed by atoms with Gasteiger partial charge in [-0.1, -0.05) is 11.6 Å². The standard InChI is InChI=1S/C10H8ClNO4/c11-6-1-2-9(12(14)15)10(3-6)16-8-4-7(13)5-8/h1-3,8H,4-5H2. The van der Waals surface area contributed by atoms with Crippen LogP contribution in [0.25, 0.3) is 0 Å². The van der Waals surface area contributed by atoms with Gasteiger partial charge < -0.3 is 4.74 Å². The molecule has 6 heteroatoms. The van der Waals surface area contributed by atoms with E-state index < -0.39 is 4.92 Å². The van der Waals surface area contributed by atoms with Crippen molar-refractivity contribution >= 4 is 23.1 Å². The van der Waals surface area contributed by atoms with Crippen LogP contribution in [-0.2, 0) is 4.79 Å². The Morgan fingerprint density at radius 3 is 2.69 bits per heavy atom. The third kappa shape index (κ3) is 2.14. The van der Waals surface area contributed by atoms with Gasteiger partial charge in [0.2, 0.25) is 0 Å². The first-order chi connectivity index (χ1) is 7.56. The first-order valence-corrected chi connectivity index (χ1v) is 5.06. The number of carbonyl (C=O) groups is 1. The quantitative estimate of drug-likeness (QED) is 0.602. The molecule has 5 nitrogen and oxygen atoms in total. The number of benzene rings is 1. The maximum atomic E-state index is 10.7. The summed E-state index contributed by atoms with van der Waals surface area (Å²) in [7, 11) is 0. The van der Waals surface area contributed by atoms with Crippen LogP contribution in [0.3, 0.4) is 0 Å². The summed E-state index contributed by atoms with van der Waals surface area (Å²) in [6.45, 7) is 0. The summed E-state index contributed by atoms with van der Waals surface area (Å²) >= 11 is 5.73. The molecule has 0 amide bonds. The molecule has 2 rings (SSSR count). The lowest BCUT2D eigenvalue weighted by molar-refractivity contribution is -0.386. The normalized spacial score (nSPS) is 15.7. The predicted molar refractivity (Wildman–Crippen MR) is 56.8 cm³/mol. The van der Waals surface area contributed by atoms with Crippen molar-refractivity contribution in [2.24, 2.45) is 0 Å². The van der Waals surface area contributed by atoms with Crippen LogP contribution >= 0.6 is 11.6 Å². The van der Waals surface area contributed by atoms with Gasteiger partial charge >= 0.3 is 5.69 Å². The molecule has 0 heterocycles. The lowest BCUT2D eigenvalue weighted by Gasteiger charge is -2.24. The Balaban J connectivity index is 2.20. The van der Waals surface area contributed by atoms with Gasteiger partial charge in [0.1, 0.15) is 11.9 Å². The van der Waals surface area contributed by atoms with E-state index in [9.17, 15) is 14.9 Å². The molecule has 0 atom stereocenters. The highest BCUT2D eigenvalue weighted by molar-refractivity contribution is 6.30. The SMILES string of the molecule is O=C1CC(Oc2cc(Cl)ccc2[N+](=O)[O-])C1. The fraction of sp³-hybridized carbons (Fsp3) is 0.300. The number of hydrogen-bond acceptors (Lipinski definition) is 4. The van der Waals surface area contributed by atoms with Gasteiger partial charge in [-0.3, -0.25) is 14.9 Å². The molecule has 1 aliphatic carbocycles. The number of ketones is 1. The second kappa shape index (κ2) is 4.09. The van der Waals surface area contributed by atoms with Crippen molar-refractivity contribution in [1.29, 1.82) is 0 Å². The highest BCUT2D eigenvalue weighted by Crippen LogP contribution is 2.33. The molecular weight excluding hydrogens is 234 g/mol. The van der Waals surface area contributed by atoms with E-state index in [-0.39, 0.29) is 23.3 Å². The number of nitrogens with zero attached hydrogens (tertiary/aromatic N) is 1. The number of halogens is 1. The fourth-order valence-electron chi connectivity index (χ4n) is 1.44. The van der Waals surface area contributed by atoms with Crippen molar-refractivity contribution in [2.45, 2.75) is 18.9 Å². The molecule has 1 fully saturated rings. The van der Waals surface area contributed by atoms with E-state index in [1.165, 1.54) is 18.2 Å². The van der Waals surface area contributed by atoms with Gasteiger partial charge in [-0.05, 0) is 6.07 Å². The predicted octanol–water partition coefficient (Wildman–Crippen LogP) is 2.36. The second-order valence-corrected chi connectivity index (χ2v) is 3.99. The molecule has 84 valence electrons. The summed E-state index contributed by atoms with van der Waals surface area (Å²) in [5, 5.41) is 11.1. The third-order valence-electron chi connectivity index (χ3n) is 2.32. The molecule has 0 spiro atoms. The highest BCUT2D eigenvalue weighted by Gasteiger charge is 2.30. The van der Waals surface area contributed by atoms with Gasteiger partial charge in [-0.15, -0.1) is 0 Å². The Kier molecular flexibility index (Phi) is 2.78. The van der Waals surface area contributed by atoms with Crippen LogP contribution in [0.1, 0.15) is 12.8 Å². The first-order valence-electron chi connectivity index (χ1n) is 4.68. The largest absolute Gasteiger partial charge is 0.483 e. The Morgan fingerprint density at radius 2 is 2.12 bits per heavy atom. The third-order valence-corrected chi connectivity index (χ3v) is 2.56. The molecule has 0 aromatic heterocycles. The van der Waals surface area contributed by atoms with E-state index in [2.05, 4.69) is 0 Å². The fourth-order valence-corrected chi connectivity index (χ4v) is 1.61. The van der Waals surface area contributed by atoms with Crippen LogP contribution in [0.2, 0.25) is 5.02 Å². The zero-order valence-corrected chi connectivity index (χ0v) is 8.94. The van der Waals surface area contributed by atoms with Gasteiger partial charge in [-0.25, -0.2) is 0 Å². The number of rotatable bonds is 3. The van der Waals surface area contributed by atoms with Gasteiger partial charge in [0.25, 0.3) is 0 Å². The maximum absolute atomic E-state index is 10.7. The zero-order valence-electron chi connectivity index (χ0n) is 8.18. The number of nitro groups is 1. The number of carbonyl (C=O) groups excluding carboxylic acids is 1. The summed E-state index contributed by atoms with van der Waals surface area (Å²) in [4.78, 5) is 20.9. The van der Waals surface area contributed by atoms with Crippen LogP contribution in [0, 0.1) is 10.1 Å². The number of nitro benzene ring substituents is 1. The van der Waals surface area contributed by atoms with Gasteiger partial charge in [0.05, 0.1) is 4.92 Å². The molecule has 0 radical (unpaired) electrons. The molecular formula is C10H8ClNO4. The lowest BCUT2D eigenvalue weighted by atomic mass is 9.94. The molecule has 0 unspecified atom stereocenters. The minimum atomic E-state index is -0.536. The van der Waals surface area contributed by atoms with Crippen LogP contribution in [-0.4, -0.2) is 16.8 Å². The Hall–Kier alpha value is -1.62. The van der Waals surface area contributed by atoms with E-state index in [0.717, 1.165) is 0 Å². The summed E-state index contributed by atoms with van der Waals surface area (Å²) in [6, 6.07) is 4.11. The maximum Gasteiger partial charge on any atom is 0.311 e. The van der Waals surface area contributed by atoms with Crippen LogP contribution < -0.4 is 4.74 Å². The molecule has 1 aliphatic rings. The Labute approximate surface area is 96.1 Å². The smallest absolute Gasteiger partial charge is 0.311 e. The average molecular weight is 242 g/mol. The van der Waals surface area contributed by atoms with Crippen molar-refractivity contribution < 1.29 is 14.5 Å². The summed E-state index contributed by atoms with van der Waals surface area (Å²) < 4.78 is 5.35. The highest BCUT2D eigenvalue weighted by atomic mass is 35.5. The first kappa shape index (κ1) is 10.9. The lowest BCUT2D eigenvalue weighted by Crippen LogP contribution is -2.33. The number of ether oxygens (including phenoxy) is 1. The van der Waals surface area contributed by atoms with Crippen molar-refractivity contribution in [3.8, 4) is 5.75 Å².